The van der Waals surface area contributed by atoms with Crippen molar-refractivity contribution in [3.8, 4) is 0 Å². The van der Waals surface area contributed by atoms with Crippen LogP contribution < -0.4 is 0 Å². The Bertz CT molecular complexity index is 895. The molecule has 28 heavy (non-hydrogen) atoms. The van der Waals surface area contributed by atoms with E-state index in [0.717, 1.165) is 21.4 Å². The van der Waals surface area contributed by atoms with Gasteiger partial charge in [0.1, 0.15) is 0 Å². The molecule has 0 bridgehead atoms. The minimum atomic E-state index is -4.02. The van der Waals surface area contributed by atoms with Gasteiger partial charge in [0, 0.05) is 10.9 Å². The van der Waals surface area contributed by atoms with Crippen LogP contribution in [-0.4, -0.2) is 42.0 Å². The summed E-state index contributed by atoms with van der Waals surface area (Å²) in [5.74, 6) is 0.858. The molecule has 0 spiro atoms. The van der Waals surface area contributed by atoms with Crippen molar-refractivity contribution in [1.82, 2.24) is 9.88 Å². The minimum absolute atomic E-state index is 0.0666. The summed E-state index contributed by atoms with van der Waals surface area (Å²) in [5, 5.41) is 0. The van der Waals surface area contributed by atoms with Gasteiger partial charge in [0.2, 0.25) is 0 Å². The molecule has 2 heterocycles. The van der Waals surface area contributed by atoms with Gasteiger partial charge in [-0.3, -0.25) is 9.45 Å². The summed E-state index contributed by atoms with van der Waals surface area (Å²) >= 11 is 5.38. The van der Waals surface area contributed by atoms with Crippen LogP contribution in [0.4, 0.5) is 0 Å². The van der Waals surface area contributed by atoms with Crippen LogP contribution in [0.1, 0.15) is 42.3 Å². The number of fused-ring (bicyclic) bond motifs is 2. The lowest BCUT2D eigenvalue weighted by Crippen LogP contribution is -2.49. The van der Waals surface area contributed by atoms with E-state index in [-0.39, 0.29) is 4.90 Å². The third-order valence-electron chi connectivity index (χ3n) is 5.47. The van der Waals surface area contributed by atoms with Crippen molar-refractivity contribution in [3.05, 3.63) is 44.3 Å². The SMILES string of the molecule is CCCN1CCC[C@H]2Cc3nc(Br)sc3C[C@@H]21.Cc1ccc(S(=O)(=O)O)cc1. The molecule has 5 nitrogen and oxygen atoms in total. The Morgan fingerprint density at radius 1 is 1.29 bits per heavy atom. The Morgan fingerprint density at radius 3 is 2.64 bits per heavy atom. The number of benzene rings is 1. The number of hydrogen-bond acceptors (Lipinski definition) is 5. The lowest BCUT2D eigenvalue weighted by molar-refractivity contribution is 0.0857. The normalized spacial score (nSPS) is 22.0. The lowest BCUT2D eigenvalue weighted by Gasteiger charge is -2.43. The Kier molecular flexibility index (Phi) is 7.31. The molecule has 1 N–H and O–H groups in total. The average molecular weight is 487 g/mol. The molecule has 1 fully saturated rings. The maximum absolute atomic E-state index is 10.5. The molecule has 0 radical (unpaired) electrons. The quantitative estimate of drug-likeness (QED) is 0.634. The Balaban J connectivity index is 0.000000178. The van der Waals surface area contributed by atoms with Crippen molar-refractivity contribution in [2.24, 2.45) is 5.92 Å². The number of thiazole rings is 1. The molecule has 8 heteroatoms. The van der Waals surface area contributed by atoms with Gasteiger partial charge in [-0.05, 0) is 86.1 Å². The first kappa shape index (κ1) is 21.9. The number of hydrogen-bond donors (Lipinski definition) is 1. The number of piperidine rings is 1. The summed E-state index contributed by atoms with van der Waals surface area (Å²) in [6.07, 6.45) is 6.51. The standard InChI is InChI=1S/C13H19BrN2S.C7H8O3S/c1-2-5-16-6-3-4-9-7-10-12(8-11(9)16)17-13(14)15-10;1-6-2-4-7(5-3-6)11(8,9)10/h9,11H,2-8H2,1H3;2-5H,1H3,(H,8,9,10)/t9-,11-;/m0./s1. The molecule has 1 aliphatic carbocycles. The monoisotopic (exact) mass is 486 g/mol. The fourth-order valence-corrected chi connectivity index (χ4v) is 6.27. The molecule has 1 aliphatic heterocycles. The molecule has 4 rings (SSSR count). The second kappa shape index (κ2) is 9.34. The van der Waals surface area contributed by atoms with Gasteiger partial charge in [0.15, 0.2) is 3.92 Å². The van der Waals surface area contributed by atoms with Crippen molar-refractivity contribution in [3.63, 3.8) is 0 Å². The molecule has 2 aromatic rings. The smallest absolute Gasteiger partial charge is 0.294 e. The third kappa shape index (κ3) is 5.42. The highest BCUT2D eigenvalue weighted by atomic mass is 79.9. The number of nitrogens with zero attached hydrogens (tertiary/aromatic N) is 2. The van der Waals surface area contributed by atoms with Crippen molar-refractivity contribution in [2.75, 3.05) is 13.1 Å². The number of halogens is 1. The number of aromatic nitrogens is 1. The van der Waals surface area contributed by atoms with Gasteiger partial charge in [-0.2, -0.15) is 8.42 Å². The average Bonchev–Trinajstić information content (AvgIpc) is 2.99. The zero-order valence-corrected chi connectivity index (χ0v) is 19.5. The first-order valence-corrected chi connectivity index (χ1v) is 12.7. The van der Waals surface area contributed by atoms with Crippen LogP contribution in [-0.2, 0) is 23.0 Å². The molecule has 0 saturated carbocycles. The van der Waals surface area contributed by atoms with Gasteiger partial charge >= 0.3 is 0 Å². The minimum Gasteiger partial charge on any atom is -0.300 e. The predicted octanol–water partition coefficient (Wildman–Crippen LogP) is 4.74. The van der Waals surface area contributed by atoms with Crippen LogP contribution >= 0.6 is 27.3 Å². The number of aryl methyl sites for hydroxylation is 1. The number of likely N-dealkylation sites (tertiary alicyclic amines) is 1. The van der Waals surface area contributed by atoms with Gasteiger partial charge in [-0.1, -0.05) is 24.6 Å². The highest BCUT2D eigenvalue weighted by Gasteiger charge is 2.36. The summed E-state index contributed by atoms with van der Waals surface area (Å²) in [6, 6.07) is 6.78. The van der Waals surface area contributed by atoms with E-state index in [1.165, 1.54) is 67.9 Å². The van der Waals surface area contributed by atoms with Crippen LogP contribution in [0, 0.1) is 12.8 Å². The maximum Gasteiger partial charge on any atom is 0.294 e. The van der Waals surface area contributed by atoms with Gasteiger partial charge in [-0.15, -0.1) is 11.3 Å². The molecule has 1 aromatic heterocycles. The topological polar surface area (TPSA) is 70.5 Å². The van der Waals surface area contributed by atoms with E-state index in [1.54, 1.807) is 12.1 Å². The summed E-state index contributed by atoms with van der Waals surface area (Å²) in [6.45, 7) is 6.72. The highest BCUT2D eigenvalue weighted by molar-refractivity contribution is 9.11. The second-order valence-corrected chi connectivity index (χ2v) is 11.3. The molecule has 0 unspecified atom stereocenters. The Morgan fingerprint density at radius 2 is 2.00 bits per heavy atom. The zero-order valence-electron chi connectivity index (χ0n) is 16.3. The van der Waals surface area contributed by atoms with Gasteiger partial charge in [-0.25, -0.2) is 4.98 Å². The van der Waals surface area contributed by atoms with Gasteiger partial charge in [0.25, 0.3) is 10.1 Å². The molecule has 154 valence electrons. The Labute approximate surface area is 180 Å². The highest BCUT2D eigenvalue weighted by Crippen LogP contribution is 2.38. The molecule has 2 aliphatic rings. The maximum atomic E-state index is 10.5. The van der Waals surface area contributed by atoms with Crippen LogP contribution in [0.5, 0.6) is 0 Å². The van der Waals surface area contributed by atoms with E-state index in [1.807, 2.05) is 18.3 Å². The number of rotatable bonds is 3. The zero-order chi connectivity index (χ0) is 20.3. The van der Waals surface area contributed by atoms with Crippen molar-refractivity contribution >= 4 is 37.4 Å². The lowest BCUT2D eigenvalue weighted by atomic mass is 9.79. The van der Waals surface area contributed by atoms with E-state index in [9.17, 15) is 8.42 Å². The fourth-order valence-electron chi connectivity index (χ4n) is 4.13. The largest absolute Gasteiger partial charge is 0.300 e. The molecular weight excluding hydrogens is 460 g/mol. The summed E-state index contributed by atoms with van der Waals surface area (Å²) in [5.41, 5.74) is 2.33. The summed E-state index contributed by atoms with van der Waals surface area (Å²) < 4.78 is 30.6. The van der Waals surface area contributed by atoms with E-state index >= 15 is 0 Å². The first-order chi connectivity index (χ1) is 13.3. The molecular formula is C20H27BrN2O3S2. The molecule has 1 saturated heterocycles. The van der Waals surface area contributed by atoms with Crippen LogP contribution in [0.3, 0.4) is 0 Å². The predicted molar refractivity (Wildman–Crippen MR) is 117 cm³/mol. The van der Waals surface area contributed by atoms with Crippen molar-refractivity contribution in [2.45, 2.75) is 56.9 Å². The molecule has 2 atom stereocenters. The van der Waals surface area contributed by atoms with Gasteiger partial charge < -0.3 is 0 Å². The van der Waals surface area contributed by atoms with Crippen LogP contribution in [0.15, 0.2) is 33.1 Å². The third-order valence-corrected chi connectivity index (χ3v) is 7.90. The van der Waals surface area contributed by atoms with E-state index in [4.69, 9.17) is 4.55 Å². The van der Waals surface area contributed by atoms with Crippen molar-refractivity contribution < 1.29 is 13.0 Å². The molecule has 1 aromatic carbocycles. The van der Waals surface area contributed by atoms with Gasteiger partial charge in [0.05, 0.1) is 10.6 Å². The summed E-state index contributed by atoms with van der Waals surface area (Å²) in [7, 11) is -4.02. The second-order valence-electron chi connectivity index (χ2n) is 7.54. The van der Waals surface area contributed by atoms with E-state index in [0.29, 0.717) is 0 Å². The van der Waals surface area contributed by atoms with Crippen LogP contribution in [0.2, 0.25) is 0 Å². The molecule has 0 amide bonds. The van der Waals surface area contributed by atoms with Crippen molar-refractivity contribution in [1.29, 1.82) is 0 Å². The van der Waals surface area contributed by atoms with Crippen LogP contribution in [0.25, 0.3) is 0 Å². The van der Waals surface area contributed by atoms with E-state index in [2.05, 4.69) is 32.7 Å². The first-order valence-electron chi connectivity index (χ1n) is 9.70. The fraction of sp³-hybridized carbons (Fsp3) is 0.550. The Hall–Kier alpha value is -0.800. The summed E-state index contributed by atoms with van der Waals surface area (Å²) in [4.78, 5) is 8.82. The van der Waals surface area contributed by atoms with E-state index < -0.39 is 10.1 Å².